The summed E-state index contributed by atoms with van der Waals surface area (Å²) >= 11 is 6.04. The highest BCUT2D eigenvalue weighted by molar-refractivity contribution is 6.33. The second-order valence-corrected chi connectivity index (χ2v) is 6.32. The second kappa shape index (κ2) is 7.94. The molecule has 0 fully saturated rings. The molecule has 4 aromatic rings. The summed E-state index contributed by atoms with van der Waals surface area (Å²) in [5.41, 5.74) is 2.77. The second-order valence-electron chi connectivity index (χ2n) is 5.91. The standard InChI is InChI=1S/C21H15ClN4O2/c22-17-8-4-5-9-18(17)24-21(27)23-16-12-10-15(11-13-16)20-26-25-19(28-20)14-6-2-1-3-7-14/h1-13H,(H2,23,24,27). The van der Waals surface area contributed by atoms with Gasteiger partial charge in [0.15, 0.2) is 0 Å². The van der Waals surface area contributed by atoms with Crippen molar-refractivity contribution in [1.29, 1.82) is 0 Å². The van der Waals surface area contributed by atoms with Crippen molar-refractivity contribution in [2.45, 2.75) is 0 Å². The summed E-state index contributed by atoms with van der Waals surface area (Å²) in [6.45, 7) is 0. The Hall–Kier alpha value is -3.64. The zero-order valence-electron chi connectivity index (χ0n) is 14.6. The first-order valence-electron chi connectivity index (χ1n) is 8.51. The number of hydrogen-bond acceptors (Lipinski definition) is 4. The van der Waals surface area contributed by atoms with E-state index in [0.717, 1.165) is 11.1 Å². The molecular formula is C21H15ClN4O2. The van der Waals surface area contributed by atoms with Gasteiger partial charge in [0.1, 0.15) is 0 Å². The van der Waals surface area contributed by atoms with Crippen molar-refractivity contribution in [2.24, 2.45) is 0 Å². The molecule has 2 amide bonds. The molecule has 0 spiro atoms. The van der Waals surface area contributed by atoms with Gasteiger partial charge in [-0.15, -0.1) is 10.2 Å². The molecule has 7 heteroatoms. The third-order valence-corrected chi connectivity index (χ3v) is 4.29. The fraction of sp³-hybridized carbons (Fsp3) is 0. The van der Waals surface area contributed by atoms with Crippen LogP contribution < -0.4 is 10.6 Å². The zero-order chi connectivity index (χ0) is 19.3. The number of nitrogens with one attached hydrogen (secondary N) is 2. The number of aromatic nitrogens is 2. The lowest BCUT2D eigenvalue weighted by atomic mass is 10.2. The van der Waals surface area contributed by atoms with E-state index in [1.807, 2.05) is 30.3 Å². The van der Waals surface area contributed by atoms with Gasteiger partial charge in [-0.25, -0.2) is 4.79 Å². The van der Waals surface area contributed by atoms with Crippen molar-refractivity contribution in [1.82, 2.24) is 10.2 Å². The summed E-state index contributed by atoms with van der Waals surface area (Å²) in [6.07, 6.45) is 0. The topological polar surface area (TPSA) is 80.1 Å². The number of carbonyl (C=O) groups excluding carboxylic acids is 1. The molecule has 0 radical (unpaired) electrons. The van der Waals surface area contributed by atoms with Crippen molar-refractivity contribution < 1.29 is 9.21 Å². The van der Waals surface area contributed by atoms with Gasteiger partial charge in [0.2, 0.25) is 11.8 Å². The van der Waals surface area contributed by atoms with E-state index in [-0.39, 0.29) is 6.03 Å². The van der Waals surface area contributed by atoms with Crippen LogP contribution in [0.15, 0.2) is 83.3 Å². The van der Waals surface area contributed by atoms with E-state index in [2.05, 4.69) is 20.8 Å². The quantitative estimate of drug-likeness (QED) is 0.468. The van der Waals surface area contributed by atoms with Crippen LogP contribution in [0.2, 0.25) is 5.02 Å². The van der Waals surface area contributed by atoms with Crippen molar-refractivity contribution in [3.05, 3.63) is 83.9 Å². The van der Waals surface area contributed by atoms with Crippen LogP contribution in [-0.4, -0.2) is 16.2 Å². The minimum atomic E-state index is -0.384. The highest BCUT2D eigenvalue weighted by atomic mass is 35.5. The van der Waals surface area contributed by atoms with Crippen molar-refractivity contribution in [3.8, 4) is 22.9 Å². The Bertz CT molecular complexity index is 1090. The van der Waals surface area contributed by atoms with Gasteiger partial charge in [-0.1, -0.05) is 41.9 Å². The van der Waals surface area contributed by atoms with Crippen LogP contribution in [0, 0.1) is 0 Å². The lowest BCUT2D eigenvalue weighted by molar-refractivity contribution is 0.262. The first-order valence-corrected chi connectivity index (χ1v) is 8.89. The number of urea groups is 1. The number of halogens is 1. The highest BCUT2D eigenvalue weighted by Crippen LogP contribution is 2.25. The minimum absolute atomic E-state index is 0.384. The maximum Gasteiger partial charge on any atom is 0.323 e. The molecule has 0 atom stereocenters. The third kappa shape index (κ3) is 4.02. The summed E-state index contributed by atoms with van der Waals surface area (Å²) in [5.74, 6) is 0.864. The Morgan fingerprint density at radius 2 is 1.36 bits per heavy atom. The number of anilines is 2. The van der Waals surface area contributed by atoms with Crippen molar-refractivity contribution in [3.63, 3.8) is 0 Å². The fourth-order valence-electron chi connectivity index (χ4n) is 2.58. The van der Waals surface area contributed by atoms with E-state index in [4.69, 9.17) is 16.0 Å². The van der Waals surface area contributed by atoms with E-state index >= 15 is 0 Å². The maximum absolute atomic E-state index is 12.1. The van der Waals surface area contributed by atoms with E-state index in [0.29, 0.717) is 28.2 Å². The summed E-state index contributed by atoms with van der Waals surface area (Å²) in [7, 11) is 0. The molecule has 1 heterocycles. The highest BCUT2D eigenvalue weighted by Gasteiger charge is 2.11. The lowest BCUT2D eigenvalue weighted by Gasteiger charge is -2.09. The van der Waals surface area contributed by atoms with Crippen molar-refractivity contribution in [2.75, 3.05) is 10.6 Å². The SMILES string of the molecule is O=C(Nc1ccc(-c2nnc(-c3ccccc3)o2)cc1)Nc1ccccc1Cl. The molecule has 0 aliphatic heterocycles. The molecule has 1 aromatic heterocycles. The molecule has 138 valence electrons. The van der Waals surface area contributed by atoms with E-state index in [9.17, 15) is 4.79 Å². The number of hydrogen-bond donors (Lipinski definition) is 2. The van der Waals surface area contributed by atoms with Gasteiger partial charge in [0.05, 0.1) is 10.7 Å². The van der Waals surface area contributed by atoms with E-state index in [1.165, 1.54) is 0 Å². The molecule has 28 heavy (non-hydrogen) atoms. The number of para-hydroxylation sites is 1. The smallest absolute Gasteiger partial charge is 0.323 e. The van der Waals surface area contributed by atoms with Crippen LogP contribution in [0.3, 0.4) is 0 Å². The molecule has 6 nitrogen and oxygen atoms in total. The maximum atomic E-state index is 12.1. The molecule has 0 bridgehead atoms. The van der Waals surface area contributed by atoms with Crippen LogP contribution in [0.4, 0.5) is 16.2 Å². The van der Waals surface area contributed by atoms with Gasteiger partial charge < -0.3 is 15.1 Å². The Balaban J connectivity index is 1.44. The largest absolute Gasteiger partial charge is 0.416 e. The van der Waals surface area contributed by atoms with E-state index in [1.54, 1.807) is 48.5 Å². The Morgan fingerprint density at radius 1 is 0.750 bits per heavy atom. The number of nitrogens with zero attached hydrogens (tertiary/aromatic N) is 2. The number of rotatable bonds is 4. The van der Waals surface area contributed by atoms with E-state index < -0.39 is 0 Å². The molecule has 0 aliphatic carbocycles. The van der Waals surface area contributed by atoms with Crippen molar-refractivity contribution >= 4 is 29.0 Å². The number of benzene rings is 3. The summed E-state index contributed by atoms with van der Waals surface area (Å²) in [5, 5.41) is 14.1. The minimum Gasteiger partial charge on any atom is -0.416 e. The van der Waals surface area contributed by atoms with Crippen LogP contribution in [0.1, 0.15) is 0 Å². The fourth-order valence-corrected chi connectivity index (χ4v) is 2.76. The average molecular weight is 391 g/mol. The Morgan fingerprint density at radius 3 is 2.04 bits per heavy atom. The average Bonchev–Trinajstić information content (AvgIpc) is 3.21. The lowest BCUT2D eigenvalue weighted by Crippen LogP contribution is -2.19. The molecular weight excluding hydrogens is 376 g/mol. The molecule has 0 saturated carbocycles. The summed E-state index contributed by atoms with van der Waals surface area (Å²) < 4.78 is 5.73. The van der Waals surface area contributed by atoms with Crippen LogP contribution in [0.25, 0.3) is 22.9 Å². The molecule has 0 aliphatic rings. The molecule has 4 rings (SSSR count). The molecule has 0 unspecified atom stereocenters. The number of carbonyl (C=O) groups is 1. The summed E-state index contributed by atoms with van der Waals surface area (Å²) in [4.78, 5) is 12.1. The van der Waals surface area contributed by atoms with Gasteiger partial charge in [-0.3, -0.25) is 0 Å². The molecule has 2 N–H and O–H groups in total. The first-order chi connectivity index (χ1) is 13.7. The first kappa shape index (κ1) is 17.8. The third-order valence-electron chi connectivity index (χ3n) is 3.96. The Kier molecular flexibility index (Phi) is 5.03. The predicted octanol–water partition coefficient (Wildman–Crippen LogP) is 5.70. The van der Waals surface area contributed by atoms with Crippen LogP contribution >= 0.6 is 11.6 Å². The van der Waals surface area contributed by atoms with Gasteiger partial charge in [-0.05, 0) is 48.5 Å². The Labute approximate surface area is 166 Å². The van der Waals surface area contributed by atoms with Gasteiger partial charge in [0.25, 0.3) is 0 Å². The predicted molar refractivity (Wildman–Crippen MR) is 109 cm³/mol. The normalized spacial score (nSPS) is 10.5. The number of amides is 2. The van der Waals surface area contributed by atoms with Crippen LogP contribution in [-0.2, 0) is 0 Å². The van der Waals surface area contributed by atoms with Gasteiger partial charge in [-0.2, -0.15) is 0 Å². The zero-order valence-corrected chi connectivity index (χ0v) is 15.4. The van der Waals surface area contributed by atoms with Gasteiger partial charge in [0, 0.05) is 16.8 Å². The molecule has 0 saturated heterocycles. The monoisotopic (exact) mass is 390 g/mol. The summed E-state index contributed by atoms with van der Waals surface area (Å²) in [6, 6.07) is 23.3. The van der Waals surface area contributed by atoms with Crippen LogP contribution in [0.5, 0.6) is 0 Å². The van der Waals surface area contributed by atoms with Gasteiger partial charge >= 0.3 is 6.03 Å². The molecule has 3 aromatic carbocycles.